The van der Waals surface area contributed by atoms with Crippen LogP contribution in [-0.2, 0) is 14.6 Å². The fourth-order valence-corrected chi connectivity index (χ4v) is 6.99. The number of hydrogen-bond donors (Lipinski definition) is 1. The lowest BCUT2D eigenvalue weighted by molar-refractivity contribution is 0.122. The molecular weight excluding hydrogens is 492 g/mol. The van der Waals surface area contributed by atoms with Gasteiger partial charge in [0.25, 0.3) is 0 Å². The third-order valence-corrected chi connectivity index (χ3v) is 9.06. The van der Waals surface area contributed by atoms with Crippen LogP contribution in [0, 0.1) is 5.41 Å². The quantitative estimate of drug-likeness (QED) is 0.345. The number of benzene rings is 2. The monoisotopic (exact) mass is 522 g/mol. The first-order valence-corrected chi connectivity index (χ1v) is 14.5. The molecule has 188 valence electrons. The lowest BCUT2D eigenvalue weighted by Gasteiger charge is -2.28. The summed E-state index contributed by atoms with van der Waals surface area (Å²) in [4.78, 5) is 12.1. The van der Waals surface area contributed by atoms with Gasteiger partial charge in [0.05, 0.1) is 39.8 Å². The molecule has 4 aromatic rings. The number of morpholine rings is 1. The van der Waals surface area contributed by atoms with E-state index in [0.717, 1.165) is 53.5 Å². The van der Waals surface area contributed by atoms with E-state index in [-0.39, 0.29) is 11.2 Å². The molecule has 7 nitrogen and oxygen atoms in total. The highest BCUT2D eigenvalue weighted by Crippen LogP contribution is 2.33. The Morgan fingerprint density at radius 3 is 2.33 bits per heavy atom. The highest BCUT2D eigenvalue weighted by molar-refractivity contribution is 7.91. The van der Waals surface area contributed by atoms with Crippen molar-refractivity contribution >= 4 is 48.7 Å². The molecule has 1 aliphatic heterocycles. The molecule has 1 fully saturated rings. The third-order valence-electron chi connectivity index (χ3n) is 5.91. The number of nitrogens with one attached hydrogen (secondary N) is 1. The van der Waals surface area contributed by atoms with Crippen LogP contribution in [0.25, 0.3) is 21.5 Å². The summed E-state index contributed by atoms with van der Waals surface area (Å²) in [6.07, 6.45) is 0. The maximum absolute atomic E-state index is 12.8. The van der Waals surface area contributed by atoms with Crippen molar-refractivity contribution in [2.45, 2.75) is 25.7 Å². The normalized spacial score (nSPS) is 14.8. The lowest BCUT2D eigenvalue weighted by atomic mass is 10.0. The van der Waals surface area contributed by atoms with Gasteiger partial charge >= 0.3 is 0 Å². The summed E-state index contributed by atoms with van der Waals surface area (Å²) in [5.74, 6) is 0.597. The van der Waals surface area contributed by atoms with Gasteiger partial charge in [-0.2, -0.15) is 0 Å². The molecule has 0 spiro atoms. The number of fused-ring (bicyclic) bond motifs is 1. The smallest absolute Gasteiger partial charge is 0.228 e. The highest BCUT2D eigenvalue weighted by atomic mass is 32.2. The molecule has 36 heavy (non-hydrogen) atoms. The number of hydrogen-bond acceptors (Lipinski definition) is 8. The molecule has 1 N–H and O–H groups in total. The van der Waals surface area contributed by atoms with Gasteiger partial charge in [0.2, 0.25) is 5.95 Å². The fraction of sp³-hybridized carbons (Fsp3) is 0.333. The van der Waals surface area contributed by atoms with Gasteiger partial charge in [0, 0.05) is 30.0 Å². The Morgan fingerprint density at radius 1 is 0.972 bits per heavy atom. The first kappa shape index (κ1) is 24.7. The summed E-state index contributed by atoms with van der Waals surface area (Å²) < 4.78 is 32.0. The van der Waals surface area contributed by atoms with Crippen molar-refractivity contribution in [1.29, 1.82) is 0 Å². The van der Waals surface area contributed by atoms with Gasteiger partial charge in [-0.25, -0.2) is 18.4 Å². The Labute approximate surface area is 216 Å². The van der Waals surface area contributed by atoms with Gasteiger partial charge < -0.3 is 15.0 Å². The average molecular weight is 523 g/mol. The Hall–Kier alpha value is -3.01. The zero-order valence-electron chi connectivity index (χ0n) is 20.7. The van der Waals surface area contributed by atoms with Crippen LogP contribution in [0.2, 0.25) is 0 Å². The molecule has 0 atom stereocenters. The van der Waals surface area contributed by atoms with E-state index in [2.05, 4.69) is 22.3 Å². The zero-order chi connectivity index (χ0) is 25.3. The van der Waals surface area contributed by atoms with Crippen molar-refractivity contribution in [2.75, 3.05) is 42.3 Å². The number of anilines is 3. The minimum atomic E-state index is -3.36. The molecule has 1 saturated heterocycles. The molecule has 2 aromatic heterocycles. The van der Waals surface area contributed by atoms with Crippen molar-refractivity contribution in [2.24, 2.45) is 5.41 Å². The minimum Gasteiger partial charge on any atom is -0.378 e. The fourth-order valence-electron chi connectivity index (χ4n) is 4.29. The molecule has 0 radical (unpaired) electrons. The number of nitrogens with zero attached hydrogens (tertiary/aromatic N) is 3. The Kier molecular flexibility index (Phi) is 6.72. The molecular formula is C27H30N4O3S2. The standard InChI is InChI=1S/C27H30N4O3S2/c1-27(2,3)18-36(32,33)22-10-4-19(5-11-22)24-25-23(12-17-35-25)29-26(30-24)28-20-6-8-21(9-7-20)31-13-15-34-16-14-31/h4-12,17H,13-16,18H2,1-3H3,(H,28,29,30). The lowest BCUT2D eigenvalue weighted by Crippen LogP contribution is -2.36. The Balaban J connectivity index is 1.41. The molecule has 9 heteroatoms. The summed E-state index contributed by atoms with van der Waals surface area (Å²) in [6.45, 7) is 9.07. The zero-order valence-corrected chi connectivity index (χ0v) is 22.3. The van der Waals surface area contributed by atoms with Crippen molar-refractivity contribution < 1.29 is 13.2 Å². The average Bonchev–Trinajstić information content (AvgIpc) is 3.32. The van der Waals surface area contributed by atoms with Crippen molar-refractivity contribution in [3.63, 3.8) is 0 Å². The maximum Gasteiger partial charge on any atom is 0.228 e. The molecule has 0 unspecified atom stereocenters. The SMILES string of the molecule is CC(C)(C)CS(=O)(=O)c1ccc(-c2nc(Nc3ccc(N4CCOCC4)cc3)nc3ccsc23)cc1. The molecule has 2 aromatic carbocycles. The predicted octanol–water partition coefficient (Wildman–Crippen LogP) is 5.76. The van der Waals surface area contributed by atoms with Gasteiger partial charge in [-0.1, -0.05) is 32.9 Å². The van der Waals surface area contributed by atoms with Gasteiger partial charge in [-0.05, 0) is 53.3 Å². The van der Waals surface area contributed by atoms with Crippen LogP contribution in [0.15, 0.2) is 64.9 Å². The molecule has 0 aliphatic carbocycles. The largest absolute Gasteiger partial charge is 0.378 e. The van der Waals surface area contributed by atoms with Gasteiger partial charge in [0.1, 0.15) is 0 Å². The van der Waals surface area contributed by atoms with Crippen LogP contribution < -0.4 is 10.2 Å². The number of rotatable bonds is 6. The van der Waals surface area contributed by atoms with Crippen LogP contribution in [0.4, 0.5) is 17.3 Å². The summed E-state index contributed by atoms with van der Waals surface area (Å²) in [7, 11) is -3.36. The number of sulfone groups is 1. The van der Waals surface area contributed by atoms with Gasteiger partial charge in [-0.15, -0.1) is 11.3 Å². The van der Waals surface area contributed by atoms with E-state index in [0.29, 0.717) is 10.8 Å². The third kappa shape index (κ3) is 5.53. The van der Waals surface area contributed by atoms with E-state index >= 15 is 0 Å². The van der Waals surface area contributed by atoms with Crippen LogP contribution in [0.5, 0.6) is 0 Å². The number of aromatic nitrogens is 2. The summed E-state index contributed by atoms with van der Waals surface area (Å²) in [5.41, 5.74) is 4.24. The molecule has 1 aliphatic rings. The van der Waals surface area contributed by atoms with E-state index in [1.54, 1.807) is 23.5 Å². The number of ether oxygens (including phenoxy) is 1. The first-order chi connectivity index (χ1) is 17.2. The van der Waals surface area contributed by atoms with Crippen molar-refractivity contribution in [3.8, 4) is 11.3 Å². The Bertz CT molecular complexity index is 1450. The van der Waals surface area contributed by atoms with Crippen molar-refractivity contribution in [1.82, 2.24) is 9.97 Å². The summed E-state index contributed by atoms with van der Waals surface area (Å²) >= 11 is 1.57. The van der Waals surface area contributed by atoms with Crippen molar-refractivity contribution in [3.05, 3.63) is 60.0 Å². The predicted molar refractivity (Wildman–Crippen MR) is 147 cm³/mol. The van der Waals surface area contributed by atoms with Gasteiger partial charge in [-0.3, -0.25) is 0 Å². The topological polar surface area (TPSA) is 84.4 Å². The van der Waals surface area contributed by atoms with Crippen LogP contribution in [0.1, 0.15) is 20.8 Å². The van der Waals surface area contributed by atoms with E-state index < -0.39 is 9.84 Å². The molecule has 0 amide bonds. The molecule has 5 rings (SSSR count). The van der Waals surface area contributed by atoms with E-state index in [9.17, 15) is 8.42 Å². The summed E-state index contributed by atoms with van der Waals surface area (Å²) in [5, 5.41) is 5.32. The van der Waals surface area contributed by atoms with E-state index in [1.807, 2.05) is 56.5 Å². The second-order valence-electron chi connectivity index (χ2n) is 10.1. The second kappa shape index (κ2) is 9.80. The molecule has 0 saturated carbocycles. The molecule has 0 bridgehead atoms. The molecule has 3 heterocycles. The number of thiophene rings is 1. The first-order valence-electron chi connectivity index (χ1n) is 12.0. The maximum atomic E-state index is 12.8. The van der Waals surface area contributed by atoms with E-state index in [4.69, 9.17) is 14.7 Å². The van der Waals surface area contributed by atoms with E-state index in [1.165, 1.54) is 5.69 Å². The van der Waals surface area contributed by atoms with Crippen LogP contribution >= 0.6 is 11.3 Å². The minimum absolute atomic E-state index is 0.0976. The van der Waals surface area contributed by atoms with Crippen LogP contribution in [0.3, 0.4) is 0 Å². The van der Waals surface area contributed by atoms with Crippen LogP contribution in [-0.4, -0.2) is 50.4 Å². The second-order valence-corrected chi connectivity index (χ2v) is 13.1. The Morgan fingerprint density at radius 2 is 1.67 bits per heavy atom. The summed E-state index contributed by atoms with van der Waals surface area (Å²) in [6, 6.07) is 17.2. The highest BCUT2D eigenvalue weighted by Gasteiger charge is 2.23. The van der Waals surface area contributed by atoms with Gasteiger partial charge in [0.15, 0.2) is 9.84 Å².